The molecule has 1 N–H and O–H groups in total. The van der Waals surface area contributed by atoms with E-state index in [0.29, 0.717) is 12.8 Å². The second kappa shape index (κ2) is 6.47. The minimum absolute atomic E-state index is 0.103. The molecule has 0 bridgehead atoms. The average Bonchev–Trinajstić information content (AvgIpc) is 2.96. The fourth-order valence-corrected chi connectivity index (χ4v) is 4.88. The molecule has 3 rings (SSSR count). The van der Waals surface area contributed by atoms with Crippen molar-refractivity contribution < 1.29 is 21.6 Å². The van der Waals surface area contributed by atoms with Crippen LogP contribution in [0, 0.1) is 5.92 Å². The van der Waals surface area contributed by atoms with Gasteiger partial charge in [-0.3, -0.25) is 0 Å². The summed E-state index contributed by atoms with van der Waals surface area (Å²) >= 11 is 0. The van der Waals surface area contributed by atoms with Gasteiger partial charge < -0.3 is 9.88 Å². The van der Waals surface area contributed by atoms with Gasteiger partial charge in [0.05, 0.1) is 23.3 Å². The number of fused-ring (bicyclic) bond motifs is 1. The fourth-order valence-electron chi connectivity index (χ4n) is 3.18. The van der Waals surface area contributed by atoms with Crippen LogP contribution in [-0.2, 0) is 9.84 Å². The van der Waals surface area contributed by atoms with Crippen molar-refractivity contribution in [2.24, 2.45) is 5.92 Å². The first-order chi connectivity index (χ1) is 11.6. The average molecular weight is 376 g/mol. The van der Waals surface area contributed by atoms with Crippen LogP contribution in [0.25, 0.3) is 11.0 Å². The van der Waals surface area contributed by atoms with Crippen LogP contribution >= 0.6 is 0 Å². The molecule has 6 nitrogen and oxygen atoms in total. The molecule has 0 saturated heterocycles. The van der Waals surface area contributed by atoms with Gasteiger partial charge in [0.15, 0.2) is 9.84 Å². The highest BCUT2D eigenvalue weighted by Gasteiger charge is 2.37. The van der Waals surface area contributed by atoms with E-state index in [-0.39, 0.29) is 17.7 Å². The van der Waals surface area contributed by atoms with Crippen LogP contribution in [0.3, 0.4) is 0 Å². The maximum Gasteiger partial charge on any atom is 0.390 e. The van der Waals surface area contributed by atoms with E-state index in [0.717, 1.165) is 16.9 Å². The molecule has 0 unspecified atom stereocenters. The van der Waals surface area contributed by atoms with E-state index in [2.05, 4.69) is 15.0 Å². The fraction of sp³-hybridized carbons (Fsp3) is 0.600. The zero-order chi connectivity index (χ0) is 18.2. The highest BCUT2D eigenvalue weighted by molar-refractivity contribution is 7.91. The Morgan fingerprint density at radius 1 is 1.32 bits per heavy atom. The van der Waals surface area contributed by atoms with E-state index in [1.54, 1.807) is 6.20 Å². The van der Waals surface area contributed by atoms with E-state index in [4.69, 9.17) is 0 Å². The number of H-pyrrole nitrogens is 1. The van der Waals surface area contributed by atoms with Crippen molar-refractivity contribution >= 4 is 26.7 Å². The molecule has 2 heterocycles. The lowest BCUT2D eigenvalue weighted by Gasteiger charge is -2.41. The molecule has 0 radical (unpaired) electrons. The number of hydrogen-bond donors (Lipinski definition) is 1. The summed E-state index contributed by atoms with van der Waals surface area (Å²) in [7, 11) is -1.80. The summed E-state index contributed by atoms with van der Waals surface area (Å²) in [6, 6.07) is 2.00. The van der Waals surface area contributed by atoms with E-state index in [9.17, 15) is 21.6 Å². The smallest absolute Gasteiger partial charge is 0.356 e. The molecule has 0 spiro atoms. The molecule has 2 aromatic heterocycles. The molecule has 2 aromatic rings. The number of aromatic nitrogens is 3. The zero-order valence-electron chi connectivity index (χ0n) is 13.6. The van der Waals surface area contributed by atoms with Crippen molar-refractivity contribution in [3.63, 3.8) is 0 Å². The van der Waals surface area contributed by atoms with Crippen LogP contribution in [0.15, 0.2) is 18.6 Å². The normalized spacial score (nSPS) is 21.3. The Labute approximate surface area is 143 Å². The monoisotopic (exact) mass is 376 g/mol. The third kappa shape index (κ3) is 4.23. The van der Waals surface area contributed by atoms with Gasteiger partial charge in [-0.2, -0.15) is 13.2 Å². The predicted octanol–water partition coefficient (Wildman–Crippen LogP) is 2.54. The number of anilines is 1. The van der Waals surface area contributed by atoms with Crippen LogP contribution in [0.4, 0.5) is 19.0 Å². The zero-order valence-corrected chi connectivity index (χ0v) is 14.4. The van der Waals surface area contributed by atoms with Crippen molar-refractivity contribution in [2.75, 3.05) is 23.5 Å². The molecular formula is C15H19F3N4O2S. The first-order valence-corrected chi connectivity index (χ1v) is 9.75. The van der Waals surface area contributed by atoms with Crippen molar-refractivity contribution in [1.29, 1.82) is 0 Å². The molecule has 0 aliphatic heterocycles. The largest absolute Gasteiger partial charge is 0.390 e. The van der Waals surface area contributed by atoms with Crippen LogP contribution in [0.5, 0.6) is 0 Å². The molecule has 138 valence electrons. The van der Waals surface area contributed by atoms with Gasteiger partial charge in [0.2, 0.25) is 0 Å². The first kappa shape index (κ1) is 18.0. The predicted molar refractivity (Wildman–Crippen MR) is 88.1 cm³/mol. The third-order valence-corrected chi connectivity index (χ3v) is 6.42. The van der Waals surface area contributed by atoms with Crippen molar-refractivity contribution in [2.45, 2.75) is 31.5 Å². The molecule has 0 atom stereocenters. The maximum atomic E-state index is 12.2. The van der Waals surface area contributed by atoms with E-state index < -0.39 is 28.2 Å². The summed E-state index contributed by atoms with van der Waals surface area (Å²) in [5, 5.41) is 0.881. The van der Waals surface area contributed by atoms with Gasteiger partial charge in [-0.25, -0.2) is 18.4 Å². The summed E-state index contributed by atoms with van der Waals surface area (Å²) in [5.74, 6) is -0.357. The molecule has 1 saturated carbocycles. The second-order valence-electron chi connectivity index (χ2n) is 6.52. The minimum Gasteiger partial charge on any atom is -0.356 e. The molecule has 1 aliphatic rings. The van der Waals surface area contributed by atoms with Crippen molar-refractivity contribution in [1.82, 2.24) is 15.0 Å². The number of hydrogen-bond acceptors (Lipinski definition) is 5. The number of aromatic amines is 1. The SMILES string of the molecule is CN(c1ncnc2[nH]ccc12)C1CC(CS(=O)(=O)CCC(F)(F)F)C1. The van der Waals surface area contributed by atoms with Gasteiger partial charge in [0.1, 0.15) is 17.8 Å². The van der Waals surface area contributed by atoms with Crippen molar-refractivity contribution in [3.05, 3.63) is 18.6 Å². The van der Waals surface area contributed by atoms with Crippen LogP contribution in [0.1, 0.15) is 19.3 Å². The Bertz CT molecular complexity index is 844. The summed E-state index contributed by atoms with van der Waals surface area (Å²) in [4.78, 5) is 13.4. The molecule has 0 amide bonds. The summed E-state index contributed by atoms with van der Waals surface area (Å²) in [6.45, 7) is 0. The number of halogens is 3. The quantitative estimate of drug-likeness (QED) is 0.838. The van der Waals surface area contributed by atoms with Gasteiger partial charge in [0, 0.05) is 19.3 Å². The molecule has 1 fully saturated rings. The lowest BCUT2D eigenvalue weighted by atomic mass is 9.81. The molecule has 0 aromatic carbocycles. The Hall–Kier alpha value is -1.84. The maximum absolute atomic E-state index is 12.2. The van der Waals surface area contributed by atoms with Crippen LogP contribution < -0.4 is 4.90 Å². The van der Waals surface area contributed by atoms with Gasteiger partial charge in [-0.15, -0.1) is 0 Å². The summed E-state index contributed by atoms with van der Waals surface area (Å²) in [6.07, 6.45) is -1.24. The number of alkyl halides is 3. The summed E-state index contributed by atoms with van der Waals surface area (Å²) in [5.41, 5.74) is 0.724. The van der Waals surface area contributed by atoms with Gasteiger partial charge >= 0.3 is 6.18 Å². The van der Waals surface area contributed by atoms with E-state index in [1.807, 2.05) is 18.0 Å². The van der Waals surface area contributed by atoms with Crippen LogP contribution in [0.2, 0.25) is 0 Å². The lowest BCUT2D eigenvalue weighted by Crippen LogP contribution is -2.45. The third-order valence-electron chi connectivity index (χ3n) is 4.61. The number of sulfone groups is 1. The van der Waals surface area contributed by atoms with Gasteiger partial charge in [0.25, 0.3) is 0 Å². The van der Waals surface area contributed by atoms with Gasteiger partial charge in [-0.05, 0) is 24.8 Å². The molecule has 25 heavy (non-hydrogen) atoms. The molecular weight excluding hydrogens is 357 g/mol. The lowest BCUT2D eigenvalue weighted by molar-refractivity contribution is -0.129. The Morgan fingerprint density at radius 2 is 2.04 bits per heavy atom. The van der Waals surface area contributed by atoms with E-state index >= 15 is 0 Å². The first-order valence-electron chi connectivity index (χ1n) is 7.93. The highest BCUT2D eigenvalue weighted by Crippen LogP contribution is 2.36. The Morgan fingerprint density at radius 3 is 2.72 bits per heavy atom. The van der Waals surface area contributed by atoms with Crippen LogP contribution in [-0.4, -0.2) is 54.1 Å². The molecule has 1 aliphatic carbocycles. The Kier molecular flexibility index (Phi) is 4.65. The van der Waals surface area contributed by atoms with E-state index in [1.165, 1.54) is 6.33 Å². The topological polar surface area (TPSA) is 79.0 Å². The van der Waals surface area contributed by atoms with Gasteiger partial charge in [-0.1, -0.05) is 0 Å². The second-order valence-corrected chi connectivity index (χ2v) is 8.75. The Balaban J connectivity index is 1.56. The standard InChI is InChI=1S/C15H19F3N4O2S/c1-22(14-12-2-4-19-13(12)20-9-21-14)11-6-10(7-11)8-25(23,24)5-3-15(16,17)18/h2,4,9-11H,3,5-8H2,1H3,(H,19,20,21). The highest BCUT2D eigenvalue weighted by atomic mass is 32.2. The molecule has 10 heteroatoms. The minimum atomic E-state index is -4.44. The number of rotatable bonds is 6. The summed E-state index contributed by atoms with van der Waals surface area (Å²) < 4.78 is 60.2. The number of nitrogens with zero attached hydrogens (tertiary/aromatic N) is 3. The van der Waals surface area contributed by atoms with Crippen molar-refractivity contribution in [3.8, 4) is 0 Å². The number of nitrogens with one attached hydrogen (secondary N) is 1.